The number of hydrogen-bond acceptors (Lipinski definition) is 6. The fraction of sp³-hybridized carbons (Fsp3) is 0.200. The molecule has 0 amide bonds. The summed E-state index contributed by atoms with van der Waals surface area (Å²) in [5.41, 5.74) is 2.47. The Hall–Kier alpha value is -3.97. The molecule has 0 saturated heterocycles. The van der Waals surface area contributed by atoms with Crippen molar-refractivity contribution in [1.29, 1.82) is 0 Å². The van der Waals surface area contributed by atoms with Gasteiger partial charge >= 0.3 is 0 Å². The van der Waals surface area contributed by atoms with E-state index in [1.807, 2.05) is 60.7 Å². The van der Waals surface area contributed by atoms with Crippen molar-refractivity contribution in [3.8, 4) is 23.0 Å². The maximum absolute atomic E-state index is 13.5. The van der Waals surface area contributed by atoms with Gasteiger partial charge in [0.05, 0.1) is 0 Å². The quantitative estimate of drug-likeness (QED) is 0.214. The van der Waals surface area contributed by atoms with E-state index in [0.29, 0.717) is 25.7 Å². The van der Waals surface area contributed by atoms with Gasteiger partial charge in [-0.05, 0) is 73.9 Å². The van der Waals surface area contributed by atoms with Gasteiger partial charge in [-0.1, -0.05) is 60.7 Å². The number of aryl methyl sites for hydroxylation is 2. The van der Waals surface area contributed by atoms with Gasteiger partial charge < -0.3 is 20.4 Å². The van der Waals surface area contributed by atoms with E-state index >= 15 is 0 Å². The van der Waals surface area contributed by atoms with Crippen LogP contribution in [0.25, 0.3) is 0 Å². The Bertz CT molecular complexity index is 1360. The van der Waals surface area contributed by atoms with Gasteiger partial charge in [-0.25, -0.2) is 8.42 Å². The van der Waals surface area contributed by atoms with Crippen molar-refractivity contribution < 1.29 is 28.8 Å². The zero-order valence-corrected chi connectivity index (χ0v) is 21.2. The third kappa shape index (κ3) is 5.89. The van der Waals surface area contributed by atoms with Gasteiger partial charge in [0.1, 0.15) is 32.8 Å². The summed E-state index contributed by atoms with van der Waals surface area (Å²) in [4.78, 5) is -0.813. The highest BCUT2D eigenvalue weighted by Gasteiger charge is 2.29. The summed E-state index contributed by atoms with van der Waals surface area (Å²) < 4.78 is 27.0. The minimum atomic E-state index is -4.36. The van der Waals surface area contributed by atoms with E-state index < -0.39 is 31.1 Å². The molecule has 4 aromatic rings. The van der Waals surface area contributed by atoms with Gasteiger partial charge in [0.25, 0.3) is 0 Å². The fourth-order valence-corrected chi connectivity index (χ4v) is 5.97. The van der Waals surface area contributed by atoms with Crippen LogP contribution >= 0.6 is 0 Å². The largest absolute Gasteiger partial charge is 0.508 e. The van der Waals surface area contributed by atoms with E-state index in [0.717, 1.165) is 23.3 Å². The van der Waals surface area contributed by atoms with E-state index in [2.05, 4.69) is 0 Å². The Labute approximate surface area is 217 Å². The number of hydrogen-bond donors (Lipinski definition) is 4. The van der Waals surface area contributed by atoms with Crippen LogP contribution in [-0.2, 0) is 35.5 Å². The average molecular weight is 519 g/mol. The zero-order valence-electron chi connectivity index (χ0n) is 20.3. The van der Waals surface area contributed by atoms with Crippen molar-refractivity contribution >= 4 is 9.84 Å². The number of sulfone groups is 1. The van der Waals surface area contributed by atoms with Crippen LogP contribution in [0, 0.1) is 0 Å². The van der Waals surface area contributed by atoms with Crippen LogP contribution in [-0.4, -0.2) is 28.8 Å². The number of phenolic OH excluding ortho intramolecular Hbond substituents is 4. The standard InChI is InChI=1S/C30H30O6S/c31-25-17-19-27(29(33)23(25)15-7-13-21-9-3-1-4-10-21)37(35,36)28-20-18-26(32)24(30(28)34)16-8-14-22-11-5-2-6-12-22/h1-6,9-12,17-20,31-34H,7-8,13-16H2. The molecule has 0 fully saturated rings. The van der Waals surface area contributed by atoms with Crippen LogP contribution in [0.3, 0.4) is 0 Å². The van der Waals surface area contributed by atoms with E-state index in [1.165, 1.54) is 12.1 Å². The van der Waals surface area contributed by atoms with Crippen LogP contribution < -0.4 is 0 Å². The third-order valence-corrected chi connectivity index (χ3v) is 8.31. The SMILES string of the molecule is O=S(=O)(c1ccc(O)c(CCCc2ccccc2)c1O)c1ccc(O)c(CCCc2ccccc2)c1O. The van der Waals surface area contributed by atoms with Gasteiger partial charge in [-0.3, -0.25) is 0 Å². The lowest BCUT2D eigenvalue weighted by atomic mass is 10.0. The van der Waals surface area contributed by atoms with Crippen LogP contribution in [0.15, 0.2) is 94.7 Å². The lowest BCUT2D eigenvalue weighted by Crippen LogP contribution is -2.06. The van der Waals surface area contributed by atoms with Crippen LogP contribution in [0.5, 0.6) is 23.0 Å². The normalized spacial score (nSPS) is 11.5. The molecule has 6 nitrogen and oxygen atoms in total. The molecule has 4 N–H and O–H groups in total. The predicted molar refractivity (Wildman–Crippen MR) is 142 cm³/mol. The maximum Gasteiger partial charge on any atom is 0.213 e. The molecule has 4 aromatic carbocycles. The monoisotopic (exact) mass is 518 g/mol. The van der Waals surface area contributed by atoms with Crippen molar-refractivity contribution in [1.82, 2.24) is 0 Å². The average Bonchev–Trinajstić information content (AvgIpc) is 2.89. The van der Waals surface area contributed by atoms with Crippen molar-refractivity contribution in [2.45, 2.75) is 48.3 Å². The Morgan fingerprint density at radius 3 is 1.24 bits per heavy atom. The minimum absolute atomic E-state index is 0.137. The summed E-state index contributed by atoms with van der Waals surface area (Å²) in [6.45, 7) is 0. The summed E-state index contributed by atoms with van der Waals surface area (Å²) in [5, 5.41) is 42.4. The van der Waals surface area contributed by atoms with Crippen LogP contribution in [0.1, 0.15) is 35.1 Å². The van der Waals surface area contributed by atoms with E-state index in [4.69, 9.17) is 0 Å². The second-order valence-electron chi connectivity index (χ2n) is 9.00. The second-order valence-corrected chi connectivity index (χ2v) is 10.9. The molecule has 0 radical (unpaired) electrons. The molecule has 0 saturated carbocycles. The molecular formula is C30H30O6S. The first kappa shape index (κ1) is 26.1. The van der Waals surface area contributed by atoms with Crippen molar-refractivity contribution in [2.24, 2.45) is 0 Å². The first-order valence-electron chi connectivity index (χ1n) is 12.2. The van der Waals surface area contributed by atoms with Crippen LogP contribution in [0.4, 0.5) is 0 Å². The minimum Gasteiger partial charge on any atom is -0.508 e. The molecular weight excluding hydrogens is 488 g/mol. The Morgan fingerprint density at radius 1 is 0.486 bits per heavy atom. The van der Waals surface area contributed by atoms with E-state index in [-0.39, 0.29) is 35.5 Å². The molecule has 4 rings (SSSR count). The molecule has 0 bridgehead atoms. The summed E-state index contributed by atoms with van der Waals surface area (Å²) in [5.74, 6) is -1.46. The van der Waals surface area contributed by atoms with Crippen LogP contribution in [0.2, 0.25) is 0 Å². The molecule has 0 aromatic heterocycles. The summed E-state index contributed by atoms with van der Waals surface area (Å²) in [6.07, 6.45) is 3.10. The first-order chi connectivity index (χ1) is 17.8. The molecule has 0 heterocycles. The third-order valence-electron chi connectivity index (χ3n) is 6.49. The van der Waals surface area contributed by atoms with Crippen molar-refractivity contribution in [2.75, 3.05) is 0 Å². The van der Waals surface area contributed by atoms with Gasteiger partial charge in [0, 0.05) is 11.1 Å². The van der Waals surface area contributed by atoms with Gasteiger partial charge in [-0.2, -0.15) is 0 Å². The summed E-state index contributed by atoms with van der Waals surface area (Å²) in [7, 11) is -4.36. The molecule has 0 aliphatic carbocycles. The highest BCUT2D eigenvalue weighted by Crippen LogP contribution is 2.42. The van der Waals surface area contributed by atoms with E-state index in [1.54, 1.807) is 0 Å². The lowest BCUT2D eigenvalue weighted by molar-refractivity contribution is 0.423. The molecule has 0 atom stereocenters. The second kappa shape index (κ2) is 11.4. The number of benzene rings is 4. The first-order valence-corrected chi connectivity index (χ1v) is 13.7. The van der Waals surface area contributed by atoms with E-state index in [9.17, 15) is 28.8 Å². The van der Waals surface area contributed by atoms with Gasteiger partial charge in [0.2, 0.25) is 9.84 Å². The number of rotatable bonds is 10. The lowest BCUT2D eigenvalue weighted by Gasteiger charge is -2.15. The highest BCUT2D eigenvalue weighted by molar-refractivity contribution is 7.91. The fourth-order valence-electron chi connectivity index (χ4n) is 4.48. The number of aromatic hydroxyl groups is 4. The molecule has 0 spiro atoms. The summed E-state index contributed by atoms with van der Waals surface area (Å²) >= 11 is 0. The Balaban J connectivity index is 1.58. The molecule has 37 heavy (non-hydrogen) atoms. The smallest absolute Gasteiger partial charge is 0.213 e. The van der Waals surface area contributed by atoms with Gasteiger partial charge in [0.15, 0.2) is 0 Å². The zero-order chi connectivity index (χ0) is 26.4. The van der Waals surface area contributed by atoms with Crippen molar-refractivity contribution in [3.05, 3.63) is 107 Å². The van der Waals surface area contributed by atoms with Gasteiger partial charge in [-0.15, -0.1) is 0 Å². The maximum atomic E-state index is 13.5. The Morgan fingerprint density at radius 2 is 0.865 bits per heavy atom. The van der Waals surface area contributed by atoms with Crippen molar-refractivity contribution in [3.63, 3.8) is 0 Å². The molecule has 7 heteroatoms. The summed E-state index contributed by atoms with van der Waals surface area (Å²) in [6, 6.07) is 24.2. The predicted octanol–water partition coefficient (Wildman–Crippen LogP) is 5.69. The number of phenols is 4. The molecule has 0 aliphatic heterocycles. The topological polar surface area (TPSA) is 115 Å². The highest BCUT2D eigenvalue weighted by atomic mass is 32.2. The molecule has 0 unspecified atom stereocenters. The molecule has 0 aliphatic rings. The Kier molecular flexibility index (Phi) is 8.04. The molecule has 192 valence electrons.